The van der Waals surface area contributed by atoms with Crippen molar-refractivity contribution in [3.05, 3.63) is 101 Å². The molecule has 0 saturated heterocycles. The van der Waals surface area contributed by atoms with E-state index in [2.05, 4.69) is 15.5 Å². The molecule has 1 N–H and O–H groups in total. The van der Waals surface area contributed by atoms with Crippen molar-refractivity contribution < 1.29 is 22.8 Å². The molecule has 0 fully saturated rings. The molecule has 1 atom stereocenters. The molecule has 3 aromatic carbocycles. The Bertz CT molecular complexity index is 1460. The van der Waals surface area contributed by atoms with E-state index in [9.17, 15) is 13.6 Å². The molecular weight excluding hydrogens is 466 g/mol. The summed E-state index contributed by atoms with van der Waals surface area (Å²) < 4.78 is 38.7. The van der Waals surface area contributed by atoms with Crippen molar-refractivity contribution in [1.29, 1.82) is 0 Å². The fraction of sp³-hybridized carbons (Fsp3) is 0.148. The topological polar surface area (TPSA) is 80.5 Å². The molecule has 0 radical (unpaired) electrons. The predicted molar refractivity (Wildman–Crippen MR) is 130 cm³/mol. The molecule has 182 valence electrons. The van der Waals surface area contributed by atoms with Gasteiger partial charge in [0.1, 0.15) is 17.4 Å². The van der Waals surface area contributed by atoms with Crippen LogP contribution in [0.15, 0.2) is 77.0 Å². The zero-order valence-electron chi connectivity index (χ0n) is 19.8. The fourth-order valence-electron chi connectivity index (χ4n) is 4.15. The average molecular weight is 488 g/mol. The van der Waals surface area contributed by atoms with Crippen LogP contribution in [0.2, 0.25) is 0 Å². The van der Waals surface area contributed by atoms with Gasteiger partial charge in [0, 0.05) is 11.3 Å². The van der Waals surface area contributed by atoms with Crippen LogP contribution in [0.4, 0.5) is 19.3 Å². The summed E-state index contributed by atoms with van der Waals surface area (Å²) in [4.78, 5) is 19.2. The summed E-state index contributed by atoms with van der Waals surface area (Å²) in [7, 11) is 1.57. The monoisotopic (exact) mass is 488 g/mol. The highest BCUT2D eigenvalue weighted by Crippen LogP contribution is 2.39. The van der Waals surface area contributed by atoms with Gasteiger partial charge in [-0.2, -0.15) is 4.98 Å². The van der Waals surface area contributed by atoms with E-state index < -0.39 is 17.9 Å². The number of nitrogens with one attached hydrogen (secondary N) is 1. The van der Waals surface area contributed by atoms with Crippen LogP contribution in [0.5, 0.6) is 5.75 Å². The smallest absolute Gasteiger partial charge is 0.327 e. The van der Waals surface area contributed by atoms with Gasteiger partial charge in [-0.3, -0.25) is 4.90 Å². The van der Waals surface area contributed by atoms with Crippen LogP contribution in [0, 0.1) is 18.6 Å². The maximum Gasteiger partial charge on any atom is 0.327 e. The van der Waals surface area contributed by atoms with E-state index in [0.29, 0.717) is 33.8 Å². The van der Waals surface area contributed by atoms with Gasteiger partial charge < -0.3 is 14.6 Å². The van der Waals surface area contributed by atoms with E-state index >= 15 is 0 Å². The number of nitrogens with zero attached hydrogens (tertiary/aromatic N) is 3. The minimum Gasteiger partial charge on any atom is -0.497 e. The first-order valence-electron chi connectivity index (χ1n) is 11.2. The Labute approximate surface area is 206 Å². The van der Waals surface area contributed by atoms with E-state index in [1.165, 1.54) is 23.1 Å². The lowest BCUT2D eigenvalue weighted by molar-refractivity contribution is 0.244. The van der Waals surface area contributed by atoms with Gasteiger partial charge in [0.2, 0.25) is 5.82 Å². The molecular formula is C27H22F2N4O3. The molecule has 36 heavy (non-hydrogen) atoms. The second-order valence-corrected chi connectivity index (χ2v) is 8.35. The highest BCUT2D eigenvalue weighted by atomic mass is 19.1. The van der Waals surface area contributed by atoms with Gasteiger partial charge >= 0.3 is 6.03 Å². The normalized spacial score (nSPS) is 15.8. The standard InChI is InChI=1S/C27H22F2N4O3/c1-15-4-11-20(14-22(15)29)33-16(2)23(24(30-27(33)34)17-7-12-21(35-3)13-8-17)26-31-25(32-36-26)18-5-9-19(28)10-6-18/h4-14,24H,1-3H3,(H,30,34). The summed E-state index contributed by atoms with van der Waals surface area (Å²) in [6, 6.07) is 16.5. The van der Waals surface area contributed by atoms with Crippen LogP contribution in [-0.2, 0) is 0 Å². The minimum atomic E-state index is -0.628. The lowest BCUT2D eigenvalue weighted by atomic mass is 9.94. The van der Waals surface area contributed by atoms with Crippen molar-refractivity contribution in [3.63, 3.8) is 0 Å². The molecule has 7 nitrogen and oxygen atoms in total. The number of hydrogen-bond acceptors (Lipinski definition) is 5. The highest BCUT2D eigenvalue weighted by molar-refractivity contribution is 6.01. The molecule has 2 heterocycles. The van der Waals surface area contributed by atoms with Crippen LogP contribution < -0.4 is 15.0 Å². The number of urea groups is 1. The van der Waals surface area contributed by atoms with Gasteiger partial charge in [-0.05, 0) is 73.5 Å². The summed E-state index contributed by atoms with van der Waals surface area (Å²) in [5.74, 6) is 0.296. The largest absolute Gasteiger partial charge is 0.497 e. The SMILES string of the molecule is COc1ccc(C2NC(=O)N(c3ccc(C)c(F)c3)C(C)=C2c2nc(-c3ccc(F)cc3)no2)cc1. The Morgan fingerprint density at radius 2 is 1.72 bits per heavy atom. The quantitative estimate of drug-likeness (QED) is 0.371. The summed E-state index contributed by atoms with van der Waals surface area (Å²) >= 11 is 0. The van der Waals surface area contributed by atoms with Crippen LogP contribution in [0.25, 0.3) is 17.0 Å². The number of aryl methyl sites for hydroxylation is 1. The van der Waals surface area contributed by atoms with Crippen molar-refractivity contribution >= 4 is 17.3 Å². The number of allylic oxidation sites excluding steroid dienone is 1. The number of anilines is 1. The van der Waals surface area contributed by atoms with Gasteiger partial charge in [-0.1, -0.05) is 23.4 Å². The van der Waals surface area contributed by atoms with E-state index in [1.807, 2.05) is 12.1 Å². The van der Waals surface area contributed by atoms with Crippen LogP contribution in [0.1, 0.15) is 30.0 Å². The van der Waals surface area contributed by atoms with Crippen molar-refractivity contribution in [1.82, 2.24) is 15.5 Å². The Balaban J connectivity index is 1.65. The zero-order valence-corrected chi connectivity index (χ0v) is 19.8. The van der Waals surface area contributed by atoms with Gasteiger partial charge in [-0.25, -0.2) is 13.6 Å². The van der Waals surface area contributed by atoms with Crippen LogP contribution in [-0.4, -0.2) is 23.3 Å². The number of carbonyl (C=O) groups is 1. The Kier molecular flexibility index (Phi) is 5.97. The van der Waals surface area contributed by atoms with Gasteiger partial charge in [-0.15, -0.1) is 0 Å². The molecule has 4 aromatic rings. The molecule has 1 unspecified atom stereocenters. The van der Waals surface area contributed by atoms with E-state index in [4.69, 9.17) is 9.26 Å². The first-order valence-corrected chi connectivity index (χ1v) is 11.2. The molecule has 5 rings (SSSR count). The van der Waals surface area contributed by atoms with Crippen molar-refractivity contribution in [2.24, 2.45) is 0 Å². The number of hydrogen-bond donors (Lipinski definition) is 1. The second-order valence-electron chi connectivity index (χ2n) is 8.35. The number of benzene rings is 3. The molecule has 1 aliphatic heterocycles. The van der Waals surface area contributed by atoms with Crippen molar-refractivity contribution in [3.8, 4) is 17.1 Å². The summed E-state index contributed by atoms with van der Waals surface area (Å²) in [5, 5.41) is 7.05. The van der Waals surface area contributed by atoms with Crippen molar-refractivity contribution in [2.45, 2.75) is 19.9 Å². The maximum absolute atomic E-state index is 14.4. The van der Waals surface area contributed by atoms with E-state index in [1.54, 1.807) is 57.4 Å². The first kappa shape index (κ1) is 23.2. The van der Waals surface area contributed by atoms with Gasteiger partial charge in [0.25, 0.3) is 5.89 Å². The number of ether oxygens (including phenoxy) is 1. The van der Waals surface area contributed by atoms with Gasteiger partial charge in [0.15, 0.2) is 0 Å². The number of carbonyl (C=O) groups excluding carboxylic acids is 1. The predicted octanol–water partition coefficient (Wildman–Crippen LogP) is 6.03. The minimum absolute atomic E-state index is 0.172. The fourth-order valence-corrected chi connectivity index (χ4v) is 4.15. The van der Waals surface area contributed by atoms with Crippen LogP contribution in [0.3, 0.4) is 0 Å². The second kappa shape index (κ2) is 9.26. The molecule has 2 amide bonds. The molecule has 0 spiro atoms. The number of rotatable bonds is 5. The van der Waals surface area contributed by atoms with E-state index in [0.717, 1.165) is 5.56 Å². The lowest BCUT2D eigenvalue weighted by Gasteiger charge is -2.35. The molecule has 1 aliphatic rings. The Morgan fingerprint density at radius 1 is 1.00 bits per heavy atom. The molecule has 0 bridgehead atoms. The third-order valence-electron chi connectivity index (χ3n) is 6.11. The number of amides is 2. The van der Waals surface area contributed by atoms with E-state index in [-0.39, 0.29) is 17.5 Å². The van der Waals surface area contributed by atoms with Crippen molar-refractivity contribution in [2.75, 3.05) is 12.0 Å². The first-order chi connectivity index (χ1) is 17.4. The molecule has 1 aromatic heterocycles. The average Bonchev–Trinajstić information content (AvgIpc) is 3.36. The summed E-state index contributed by atoms with van der Waals surface area (Å²) in [6.07, 6.45) is 0. The summed E-state index contributed by atoms with van der Waals surface area (Å²) in [6.45, 7) is 3.39. The zero-order chi connectivity index (χ0) is 25.4. The third-order valence-corrected chi connectivity index (χ3v) is 6.11. The number of aromatic nitrogens is 2. The summed E-state index contributed by atoms with van der Waals surface area (Å²) in [5.41, 5.74) is 3.20. The third kappa shape index (κ3) is 4.19. The highest BCUT2D eigenvalue weighted by Gasteiger charge is 2.36. The van der Waals surface area contributed by atoms with Crippen LogP contribution >= 0.6 is 0 Å². The molecule has 0 aliphatic carbocycles. The molecule has 0 saturated carbocycles. The number of methoxy groups -OCH3 is 1. The lowest BCUT2D eigenvalue weighted by Crippen LogP contribution is -2.46. The Hall–Kier alpha value is -4.53. The molecule has 9 heteroatoms. The number of halogens is 2. The van der Waals surface area contributed by atoms with Gasteiger partial charge in [0.05, 0.1) is 24.4 Å². The maximum atomic E-state index is 14.4. The Morgan fingerprint density at radius 3 is 2.39 bits per heavy atom.